The zero-order valence-corrected chi connectivity index (χ0v) is 8.73. The van der Waals surface area contributed by atoms with Crippen LogP contribution in [0.25, 0.3) is 0 Å². The molecule has 0 radical (unpaired) electrons. The number of ether oxygens (including phenoxy) is 1. The topological polar surface area (TPSA) is 93.5 Å². The Labute approximate surface area is 79.0 Å². The summed E-state index contributed by atoms with van der Waals surface area (Å²) in [4.78, 5) is 0. The third-order valence-electron chi connectivity index (χ3n) is 1.31. The molecular formula is C6H17N3O3S. The predicted molar refractivity (Wildman–Crippen MR) is 50.5 cm³/mol. The fraction of sp³-hybridized carbons (Fsp3) is 1.00. The molecule has 0 rings (SSSR count). The normalized spacial score (nSPS) is 14.4. The molecule has 4 N–H and O–H groups in total. The molecule has 0 aromatic heterocycles. The quantitative estimate of drug-likeness (QED) is 0.473. The van der Waals surface area contributed by atoms with Crippen molar-refractivity contribution >= 4 is 10.2 Å². The lowest BCUT2D eigenvalue weighted by molar-refractivity contribution is 0.176. The van der Waals surface area contributed by atoms with Crippen LogP contribution in [0.15, 0.2) is 0 Å². The molecule has 6 nitrogen and oxygen atoms in total. The average molecular weight is 211 g/mol. The van der Waals surface area contributed by atoms with Crippen molar-refractivity contribution in [3.05, 3.63) is 0 Å². The van der Waals surface area contributed by atoms with E-state index in [4.69, 9.17) is 10.5 Å². The molecule has 0 saturated heterocycles. The highest BCUT2D eigenvalue weighted by atomic mass is 32.2. The monoisotopic (exact) mass is 211 g/mol. The van der Waals surface area contributed by atoms with Crippen molar-refractivity contribution in [1.82, 2.24) is 9.44 Å². The summed E-state index contributed by atoms with van der Waals surface area (Å²) in [6.45, 7) is 2.52. The van der Waals surface area contributed by atoms with Crippen LogP contribution in [0, 0.1) is 0 Å². The largest absolute Gasteiger partial charge is 0.383 e. The van der Waals surface area contributed by atoms with Crippen LogP contribution < -0.4 is 15.2 Å². The van der Waals surface area contributed by atoms with Crippen LogP contribution in [0.1, 0.15) is 6.92 Å². The highest BCUT2D eigenvalue weighted by Crippen LogP contribution is 1.85. The van der Waals surface area contributed by atoms with Crippen molar-refractivity contribution in [1.29, 1.82) is 0 Å². The van der Waals surface area contributed by atoms with E-state index < -0.39 is 10.2 Å². The van der Waals surface area contributed by atoms with Crippen LogP contribution in [0.3, 0.4) is 0 Å². The molecule has 0 aliphatic carbocycles. The van der Waals surface area contributed by atoms with Gasteiger partial charge in [-0.05, 0) is 0 Å². The number of nitrogens with two attached hydrogens (primary N) is 1. The van der Waals surface area contributed by atoms with Gasteiger partial charge in [-0.3, -0.25) is 0 Å². The maximum Gasteiger partial charge on any atom is 0.277 e. The van der Waals surface area contributed by atoms with E-state index in [0.29, 0.717) is 6.54 Å². The first kappa shape index (κ1) is 12.8. The number of hydrogen-bond acceptors (Lipinski definition) is 4. The summed E-state index contributed by atoms with van der Waals surface area (Å²) in [5, 5.41) is 0. The van der Waals surface area contributed by atoms with Gasteiger partial charge in [0.25, 0.3) is 10.2 Å². The summed E-state index contributed by atoms with van der Waals surface area (Å²) < 4.78 is 31.7. The molecule has 0 fully saturated rings. The lowest BCUT2D eigenvalue weighted by atomic mass is 10.3. The summed E-state index contributed by atoms with van der Waals surface area (Å²) in [5.41, 5.74) is 5.33. The summed E-state index contributed by atoms with van der Waals surface area (Å²) >= 11 is 0. The summed E-state index contributed by atoms with van der Waals surface area (Å²) in [5.74, 6) is 0. The molecule has 13 heavy (non-hydrogen) atoms. The summed E-state index contributed by atoms with van der Waals surface area (Å²) in [6.07, 6.45) is 0. The standard InChI is InChI=1S/C6H17N3O3S/c1-3-8-13(10,11)9-6(4-7)5-12-2/h6,8-9H,3-5,7H2,1-2H3. The Bertz CT molecular complexity index is 217. The van der Waals surface area contributed by atoms with Gasteiger partial charge >= 0.3 is 0 Å². The molecule has 0 heterocycles. The van der Waals surface area contributed by atoms with Gasteiger partial charge in [0.2, 0.25) is 0 Å². The van der Waals surface area contributed by atoms with Crippen molar-refractivity contribution in [2.24, 2.45) is 5.73 Å². The van der Waals surface area contributed by atoms with Crippen LogP contribution in [0.2, 0.25) is 0 Å². The lowest BCUT2D eigenvalue weighted by Crippen LogP contribution is -2.47. The van der Waals surface area contributed by atoms with Gasteiger partial charge in [0, 0.05) is 20.2 Å². The van der Waals surface area contributed by atoms with E-state index >= 15 is 0 Å². The molecule has 0 aliphatic heterocycles. The third-order valence-corrected chi connectivity index (χ3v) is 2.62. The Balaban J connectivity index is 4.06. The van der Waals surface area contributed by atoms with Gasteiger partial charge in [-0.25, -0.2) is 4.72 Å². The lowest BCUT2D eigenvalue weighted by Gasteiger charge is -2.15. The van der Waals surface area contributed by atoms with Crippen LogP contribution in [-0.2, 0) is 14.9 Å². The minimum atomic E-state index is -3.43. The number of nitrogens with one attached hydrogen (secondary N) is 2. The smallest absolute Gasteiger partial charge is 0.277 e. The van der Waals surface area contributed by atoms with Crippen molar-refractivity contribution in [3.8, 4) is 0 Å². The van der Waals surface area contributed by atoms with Gasteiger partial charge in [0.15, 0.2) is 0 Å². The van der Waals surface area contributed by atoms with Crippen molar-refractivity contribution < 1.29 is 13.2 Å². The Morgan fingerprint density at radius 1 is 1.54 bits per heavy atom. The van der Waals surface area contributed by atoms with Gasteiger partial charge in [-0.15, -0.1) is 0 Å². The zero-order valence-electron chi connectivity index (χ0n) is 7.91. The Hall–Kier alpha value is -0.210. The second kappa shape index (κ2) is 6.28. The summed E-state index contributed by atoms with van der Waals surface area (Å²) in [7, 11) is -1.93. The van der Waals surface area contributed by atoms with Crippen molar-refractivity contribution in [2.75, 3.05) is 26.8 Å². The van der Waals surface area contributed by atoms with Gasteiger partial charge < -0.3 is 10.5 Å². The number of rotatable bonds is 7. The Kier molecular flexibility index (Phi) is 6.17. The number of hydrogen-bond donors (Lipinski definition) is 3. The second-order valence-corrected chi connectivity index (χ2v) is 4.04. The molecule has 0 aliphatic rings. The third kappa shape index (κ3) is 5.94. The van der Waals surface area contributed by atoms with E-state index in [-0.39, 0.29) is 19.2 Å². The van der Waals surface area contributed by atoms with Gasteiger partial charge in [0.05, 0.1) is 12.6 Å². The molecule has 1 unspecified atom stereocenters. The van der Waals surface area contributed by atoms with Gasteiger partial charge in [0.1, 0.15) is 0 Å². The predicted octanol–water partition coefficient (Wildman–Crippen LogP) is -1.60. The molecule has 7 heteroatoms. The highest BCUT2D eigenvalue weighted by molar-refractivity contribution is 7.87. The van der Waals surface area contributed by atoms with E-state index in [9.17, 15) is 8.42 Å². The first-order chi connectivity index (χ1) is 6.05. The van der Waals surface area contributed by atoms with Crippen LogP contribution in [-0.4, -0.2) is 41.3 Å². The Morgan fingerprint density at radius 3 is 2.54 bits per heavy atom. The van der Waals surface area contributed by atoms with Crippen molar-refractivity contribution in [3.63, 3.8) is 0 Å². The van der Waals surface area contributed by atoms with Gasteiger partial charge in [-0.1, -0.05) is 6.92 Å². The molecule has 0 bridgehead atoms. The molecule has 0 aromatic carbocycles. The van der Waals surface area contributed by atoms with E-state index in [1.807, 2.05) is 0 Å². The highest BCUT2D eigenvalue weighted by Gasteiger charge is 2.14. The zero-order chi connectivity index (χ0) is 10.3. The SMILES string of the molecule is CCNS(=O)(=O)NC(CN)COC. The minimum Gasteiger partial charge on any atom is -0.383 e. The molecule has 0 aromatic rings. The summed E-state index contributed by atoms with van der Waals surface area (Å²) in [6, 6.07) is -0.381. The number of methoxy groups -OCH3 is 1. The van der Waals surface area contributed by atoms with Crippen LogP contribution >= 0.6 is 0 Å². The fourth-order valence-corrected chi connectivity index (χ4v) is 1.87. The first-order valence-corrected chi connectivity index (χ1v) is 5.50. The average Bonchev–Trinajstić information content (AvgIpc) is 2.03. The van der Waals surface area contributed by atoms with E-state index in [2.05, 4.69) is 9.44 Å². The molecule has 1 atom stereocenters. The van der Waals surface area contributed by atoms with Crippen molar-refractivity contribution in [2.45, 2.75) is 13.0 Å². The Morgan fingerprint density at radius 2 is 2.15 bits per heavy atom. The van der Waals surface area contributed by atoms with E-state index in [1.165, 1.54) is 7.11 Å². The molecule has 80 valence electrons. The fourth-order valence-electron chi connectivity index (χ4n) is 0.802. The molecule has 0 amide bonds. The second-order valence-electron chi connectivity index (χ2n) is 2.51. The molecule has 0 saturated carbocycles. The van der Waals surface area contributed by atoms with Gasteiger partial charge in [-0.2, -0.15) is 13.1 Å². The molecule has 0 spiro atoms. The maximum absolute atomic E-state index is 11.1. The maximum atomic E-state index is 11.1. The van der Waals surface area contributed by atoms with E-state index in [1.54, 1.807) is 6.92 Å². The first-order valence-electron chi connectivity index (χ1n) is 4.01. The molecular weight excluding hydrogens is 194 g/mol. The minimum absolute atomic E-state index is 0.207. The van der Waals surface area contributed by atoms with Crippen LogP contribution in [0.4, 0.5) is 0 Å². The van der Waals surface area contributed by atoms with E-state index in [0.717, 1.165) is 0 Å². The van der Waals surface area contributed by atoms with Crippen LogP contribution in [0.5, 0.6) is 0 Å².